The number of nitrogens with two attached hydrogens (primary N) is 1. The first-order valence-corrected chi connectivity index (χ1v) is 5.69. The highest BCUT2D eigenvalue weighted by molar-refractivity contribution is 5.96. The minimum atomic E-state index is -4.55. The number of benzene rings is 1. The van der Waals surface area contributed by atoms with Crippen molar-refractivity contribution in [2.75, 3.05) is 11.1 Å². The lowest BCUT2D eigenvalue weighted by Gasteiger charge is -2.21. The predicted octanol–water partition coefficient (Wildman–Crippen LogP) is 2.70. The van der Waals surface area contributed by atoms with E-state index in [1.54, 1.807) is 0 Å². The zero-order valence-electron chi connectivity index (χ0n) is 10.8. The van der Waals surface area contributed by atoms with Crippen LogP contribution in [0.25, 0.3) is 0 Å². The summed E-state index contributed by atoms with van der Waals surface area (Å²) in [6, 6.07) is 3.26. The van der Waals surface area contributed by atoms with Crippen molar-refractivity contribution in [1.29, 1.82) is 0 Å². The van der Waals surface area contributed by atoms with Crippen LogP contribution in [-0.2, 0) is 9.53 Å². The van der Waals surface area contributed by atoms with Crippen molar-refractivity contribution < 1.29 is 27.1 Å². The van der Waals surface area contributed by atoms with E-state index in [2.05, 4.69) is 10.1 Å². The van der Waals surface area contributed by atoms with Crippen molar-refractivity contribution in [3.05, 3.63) is 24.0 Å². The molecule has 1 aromatic rings. The van der Waals surface area contributed by atoms with Gasteiger partial charge in [0.2, 0.25) is 0 Å². The van der Waals surface area contributed by atoms with Crippen LogP contribution in [0.4, 0.5) is 28.9 Å². The number of nitrogens with one attached hydrogen (secondary N) is 1. The number of nitrogen functional groups attached to an aromatic ring is 1. The summed E-state index contributed by atoms with van der Waals surface area (Å²) in [5.41, 5.74) is 5.54. The van der Waals surface area contributed by atoms with Crippen molar-refractivity contribution in [2.45, 2.75) is 32.2 Å². The second-order valence-corrected chi connectivity index (χ2v) is 4.18. The molecule has 0 aliphatic heterocycles. The highest BCUT2D eigenvalue weighted by Gasteiger charge is 2.38. The van der Waals surface area contributed by atoms with Gasteiger partial charge in [-0.2, -0.15) is 13.2 Å². The molecule has 0 heterocycles. The van der Waals surface area contributed by atoms with E-state index in [-0.39, 0.29) is 11.4 Å². The molecule has 1 amide bonds. The second kappa shape index (κ2) is 6.08. The zero-order valence-corrected chi connectivity index (χ0v) is 10.8. The molecule has 0 fully saturated rings. The van der Waals surface area contributed by atoms with Gasteiger partial charge < -0.3 is 15.8 Å². The van der Waals surface area contributed by atoms with Crippen molar-refractivity contribution in [1.82, 2.24) is 0 Å². The van der Waals surface area contributed by atoms with Crippen LogP contribution in [0.3, 0.4) is 0 Å². The third-order valence-electron chi connectivity index (χ3n) is 2.51. The van der Waals surface area contributed by atoms with Gasteiger partial charge in [0.15, 0.2) is 6.10 Å². The zero-order chi connectivity index (χ0) is 15.5. The van der Waals surface area contributed by atoms with E-state index in [4.69, 9.17) is 5.73 Å². The third-order valence-corrected chi connectivity index (χ3v) is 2.51. The number of carbonyl (C=O) groups excluding carboxylic acids is 1. The van der Waals surface area contributed by atoms with Gasteiger partial charge in [0, 0.05) is 0 Å². The summed E-state index contributed by atoms with van der Waals surface area (Å²) in [5.74, 6) is -1.39. The van der Waals surface area contributed by atoms with Crippen LogP contribution in [-0.4, -0.2) is 24.3 Å². The van der Waals surface area contributed by atoms with Crippen molar-refractivity contribution >= 4 is 17.3 Å². The topological polar surface area (TPSA) is 64.3 Å². The maximum atomic E-state index is 12.8. The van der Waals surface area contributed by atoms with Gasteiger partial charge in [0.25, 0.3) is 5.91 Å². The van der Waals surface area contributed by atoms with Crippen LogP contribution < -0.4 is 11.1 Å². The van der Waals surface area contributed by atoms with E-state index >= 15 is 0 Å². The van der Waals surface area contributed by atoms with E-state index in [1.807, 2.05) is 0 Å². The Bertz CT molecular complexity index is 491. The Morgan fingerprint density at radius 1 is 1.35 bits per heavy atom. The average Bonchev–Trinajstić information content (AvgIpc) is 2.31. The van der Waals surface area contributed by atoms with Crippen LogP contribution in [0.15, 0.2) is 18.2 Å². The predicted molar refractivity (Wildman–Crippen MR) is 65.5 cm³/mol. The van der Waals surface area contributed by atoms with Gasteiger partial charge in [-0.15, -0.1) is 0 Å². The van der Waals surface area contributed by atoms with Crippen molar-refractivity contribution in [3.8, 4) is 0 Å². The molecule has 0 aliphatic carbocycles. The fraction of sp³-hybridized carbons (Fsp3) is 0.417. The van der Waals surface area contributed by atoms with Gasteiger partial charge in [-0.25, -0.2) is 4.39 Å². The van der Waals surface area contributed by atoms with E-state index in [0.717, 1.165) is 19.1 Å². The molecule has 2 atom stereocenters. The van der Waals surface area contributed by atoms with Gasteiger partial charge in [0.05, 0.1) is 11.4 Å². The standard InChI is InChI=1S/C12H14F4N2O2/c1-6(20-7(2)12(14,15)16)11(19)18-10-4-3-8(13)5-9(10)17/h3-7H,17H2,1-2H3,(H,18,19). The van der Waals surface area contributed by atoms with Crippen LogP contribution in [0.1, 0.15) is 13.8 Å². The van der Waals surface area contributed by atoms with Gasteiger partial charge in [-0.1, -0.05) is 0 Å². The molecule has 0 spiro atoms. The molecule has 1 aromatic carbocycles. The SMILES string of the molecule is CC(OC(C)C(F)(F)F)C(=O)Nc1ccc(F)cc1N. The van der Waals surface area contributed by atoms with E-state index in [1.165, 1.54) is 13.0 Å². The van der Waals surface area contributed by atoms with Crippen LogP contribution in [0, 0.1) is 5.82 Å². The molecule has 0 aliphatic rings. The smallest absolute Gasteiger partial charge is 0.397 e. The molecule has 3 N–H and O–H groups in total. The minimum Gasteiger partial charge on any atom is -0.397 e. The molecule has 0 saturated carbocycles. The molecule has 20 heavy (non-hydrogen) atoms. The van der Waals surface area contributed by atoms with Crippen LogP contribution in [0.2, 0.25) is 0 Å². The normalized spacial score (nSPS) is 14.7. The Hall–Kier alpha value is -1.83. The second-order valence-electron chi connectivity index (χ2n) is 4.18. The van der Waals surface area contributed by atoms with Crippen LogP contribution >= 0.6 is 0 Å². The summed E-state index contributed by atoms with van der Waals surface area (Å²) in [4.78, 5) is 11.7. The molecule has 4 nitrogen and oxygen atoms in total. The first-order valence-electron chi connectivity index (χ1n) is 5.69. The summed E-state index contributed by atoms with van der Waals surface area (Å²) in [7, 11) is 0. The Balaban J connectivity index is 2.66. The van der Waals surface area contributed by atoms with Gasteiger partial charge in [-0.3, -0.25) is 4.79 Å². The first kappa shape index (κ1) is 16.2. The van der Waals surface area contributed by atoms with Gasteiger partial charge >= 0.3 is 6.18 Å². The summed E-state index contributed by atoms with van der Waals surface area (Å²) >= 11 is 0. The maximum Gasteiger partial charge on any atom is 0.414 e. The van der Waals surface area contributed by atoms with E-state index in [0.29, 0.717) is 0 Å². The number of alkyl halides is 3. The summed E-state index contributed by atoms with van der Waals surface area (Å²) in [6.45, 7) is 1.98. The van der Waals surface area contributed by atoms with Gasteiger partial charge in [0.1, 0.15) is 11.9 Å². The number of hydrogen-bond acceptors (Lipinski definition) is 3. The monoisotopic (exact) mass is 294 g/mol. The Kier molecular flexibility index (Phi) is 4.93. The molecule has 0 bridgehead atoms. The molecule has 8 heteroatoms. The van der Waals surface area contributed by atoms with Crippen molar-refractivity contribution in [3.63, 3.8) is 0 Å². The average molecular weight is 294 g/mol. The molecule has 2 unspecified atom stereocenters. The van der Waals surface area contributed by atoms with E-state index < -0.39 is 30.1 Å². The number of hydrogen-bond donors (Lipinski definition) is 2. The summed E-state index contributed by atoms with van der Waals surface area (Å²) in [5, 5.41) is 2.27. The maximum absolute atomic E-state index is 12.8. The highest BCUT2D eigenvalue weighted by Crippen LogP contribution is 2.24. The number of anilines is 2. The molecular weight excluding hydrogens is 280 g/mol. The third kappa shape index (κ3) is 4.37. The van der Waals surface area contributed by atoms with Gasteiger partial charge in [-0.05, 0) is 32.0 Å². The number of ether oxygens (including phenoxy) is 1. The lowest BCUT2D eigenvalue weighted by atomic mass is 10.2. The lowest BCUT2D eigenvalue weighted by Crippen LogP contribution is -2.37. The first-order chi connectivity index (χ1) is 9.11. The summed E-state index contributed by atoms with van der Waals surface area (Å²) < 4.78 is 54.2. The van der Waals surface area contributed by atoms with Crippen LogP contribution in [0.5, 0.6) is 0 Å². The van der Waals surface area contributed by atoms with E-state index in [9.17, 15) is 22.4 Å². The largest absolute Gasteiger partial charge is 0.414 e. The molecular formula is C12H14F4N2O2. The van der Waals surface area contributed by atoms with Crippen molar-refractivity contribution in [2.24, 2.45) is 0 Å². The molecule has 0 radical (unpaired) electrons. The Morgan fingerprint density at radius 2 is 1.95 bits per heavy atom. The fourth-order valence-electron chi connectivity index (χ4n) is 1.33. The Morgan fingerprint density at radius 3 is 2.45 bits per heavy atom. The molecule has 112 valence electrons. The number of carbonyl (C=O) groups is 1. The molecule has 0 saturated heterocycles. The number of rotatable bonds is 4. The molecule has 0 aromatic heterocycles. The number of halogens is 4. The molecule has 1 rings (SSSR count). The Labute approximate surface area is 112 Å². The fourth-order valence-corrected chi connectivity index (χ4v) is 1.33. The lowest BCUT2D eigenvalue weighted by molar-refractivity contribution is -0.223. The summed E-state index contributed by atoms with van der Waals surface area (Å²) in [6.07, 6.45) is -7.96. The minimum absolute atomic E-state index is 0.0329. The number of amides is 1. The quantitative estimate of drug-likeness (QED) is 0.663. The highest BCUT2D eigenvalue weighted by atomic mass is 19.4.